The predicted molar refractivity (Wildman–Crippen MR) is 70.9 cm³/mol. The second-order valence-corrected chi connectivity index (χ2v) is 6.33. The third kappa shape index (κ3) is 4.18. The number of hydrogen-bond donors (Lipinski definition) is 1. The maximum atomic E-state index is 10.9. The van der Waals surface area contributed by atoms with Crippen LogP contribution in [-0.4, -0.2) is 16.8 Å². The molecule has 0 aliphatic carbocycles. The number of carbonyl (C=O) groups is 1. The van der Waals surface area contributed by atoms with Crippen molar-refractivity contribution in [2.45, 2.75) is 25.2 Å². The van der Waals surface area contributed by atoms with Gasteiger partial charge in [0.2, 0.25) is 0 Å². The van der Waals surface area contributed by atoms with Gasteiger partial charge in [-0.1, -0.05) is 22.0 Å². The van der Waals surface area contributed by atoms with Crippen molar-refractivity contribution in [3.8, 4) is 0 Å². The molecule has 2 nitrogen and oxygen atoms in total. The summed E-state index contributed by atoms with van der Waals surface area (Å²) < 4.78 is 1.05. The van der Waals surface area contributed by atoms with Crippen LogP contribution in [0.2, 0.25) is 0 Å². The molecule has 0 spiro atoms. The summed E-state index contributed by atoms with van der Waals surface area (Å²) in [5.41, 5.74) is -0.640. The highest BCUT2D eigenvalue weighted by molar-refractivity contribution is 9.10. The highest BCUT2D eigenvalue weighted by Gasteiger charge is 2.26. The number of benzene rings is 1. The van der Waals surface area contributed by atoms with Crippen molar-refractivity contribution in [3.63, 3.8) is 0 Å². The van der Waals surface area contributed by atoms with E-state index < -0.39 is 11.4 Å². The van der Waals surface area contributed by atoms with Gasteiger partial charge in [-0.2, -0.15) is 0 Å². The molecule has 0 radical (unpaired) electrons. The smallest absolute Gasteiger partial charge is 0.309 e. The average molecular weight is 303 g/mol. The van der Waals surface area contributed by atoms with E-state index in [1.165, 1.54) is 0 Å². The van der Waals surface area contributed by atoms with Crippen molar-refractivity contribution in [2.75, 3.05) is 5.75 Å². The largest absolute Gasteiger partial charge is 0.481 e. The first-order valence-corrected chi connectivity index (χ1v) is 6.81. The zero-order valence-electron chi connectivity index (χ0n) is 9.37. The molecule has 0 saturated carbocycles. The summed E-state index contributed by atoms with van der Waals surface area (Å²) in [6.45, 7) is 3.52. The minimum atomic E-state index is -0.734. The number of carboxylic acids is 1. The molecule has 88 valence electrons. The Labute approximate surface area is 109 Å². The Morgan fingerprint density at radius 2 is 2.19 bits per heavy atom. The topological polar surface area (TPSA) is 37.3 Å². The molecule has 1 aromatic rings. The molecule has 0 aliphatic rings. The van der Waals surface area contributed by atoms with Crippen LogP contribution < -0.4 is 0 Å². The first kappa shape index (κ1) is 13.6. The summed E-state index contributed by atoms with van der Waals surface area (Å²) in [5, 5.41) is 8.97. The molecule has 16 heavy (non-hydrogen) atoms. The molecule has 4 heteroatoms. The van der Waals surface area contributed by atoms with Gasteiger partial charge in [0.1, 0.15) is 0 Å². The number of thioether (sulfide) groups is 1. The molecular weight excluding hydrogens is 288 g/mol. The summed E-state index contributed by atoms with van der Waals surface area (Å²) in [6.07, 6.45) is 0.666. The average Bonchev–Trinajstić information content (AvgIpc) is 2.17. The Hall–Kier alpha value is -0.480. The molecular formula is C12H15BrO2S. The molecule has 0 fully saturated rings. The molecule has 0 aliphatic heterocycles. The van der Waals surface area contributed by atoms with Crippen molar-refractivity contribution in [2.24, 2.45) is 5.41 Å². The minimum Gasteiger partial charge on any atom is -0.481 e. The Morgan fingerprint density at radius 3 is 2.75 bits per heavy atom. The molecule has 0 amide bonds. The van der Waals surface area contributed by atoms with Crippen LogP contribution in [0.3, 0.4) is 0 Å². The molecule has 0 saturated heterocycles. The van der Waals surface area contributed by atoms with E-state index in [9.17, 15) is 4.79 Å². The van der Waals surface area contributed by atoms with Gasteiger partial charge in [0.05, 0.1) is 5.41 Å². The maximum absolute atomic E-state index is 10.9. The van der Waals surface area contributed by atoms with E-state index in [-0.39, 0.29) is 0 Å². The van der Waals surface area contributed by atoms with Crippen molar-refractivity contribution in [3.05, 3.63) is 28.7 Å². The molecule has 1 aromatic carbocycles. The molecule has 0 heterocycles. The van der Waals surface area contributed by atoms with Gasteiger partial charge in [-0.25, -0.2) is 0 Å². The van der Waals surface area contributed by atoms with Crippen molar-refractivity contribution in [1.29, 1.82) is 0 Å². The zero-order chi connectivity index (χ0) is 12.2. The summed E-state index contributed by atoms with van der Waals surface area (Å²) in [7, 11) is 0. The number of hydrogen-bond acceptors (Lipinski definition) is 2. The van der Waals surface area contributed by atoms with E-state index in [0.29, 0.717) is 6.42 Å². The molecule has 0 aromatic heterocycles. The van der Waals surface area contributed by atoms with Crippen LogP contribution >= 0.6 is 27.7 Å². The molecule has 0 bridgehead atoms. The van der Waals surface area contributed by atoms with Crippen LogP contribution in [0.25, 0.3) is 0 Å². The number of halogens is 1. The second-order valence-electron chi connectivity index (χ2n) is 4.24. The monoisotopic (exact) mass is 302 g/mol. The van der Waals surface area contributed by atoms with Crippen LogP contribution in [-0.2, 0) is 4.79 Å². The fourth-order valence-electron chi connectivity index (χ4n) is 1.09. The summed E-state index contributed by atoms with van der Waals surface area (Å²) in [5.74, 6) is 0.0813. The Morgan fingerprint density at radius 1 is 1.50 bits per heavy atom. The quantitative estimate of drug-likeness (QED) is 0.834. The lowest BCUT2D eigenvalue weighted by Gasteiger charge is -2.18. The highest BCUT2D eigenvalue weighted by Crippen LogP contribution is 2.27. The lowest BCUT2D eigenvalue weighted by molar-refractivity contribution is -0.146. The van der Waals surface area contributed by atoms with E-state index in [0.717, 1.165) is 15.1 Å². The van der Waals surface area contributed by atoms with Gasteiger partial charge in [-0.15, -0.1) is 11.8 Å². The first-order chi connectivity index (χ1) is 7.42. The van der Waals surface area contributed by atoms with Gasteiger partial charge in [-0.05, 0) is 44.2 Å². The van der Waals surface area contributed by atoms with Gasteiger partial charge >= 0.3 is 5.97 Å². The molecule has 1 N–H and O–H groups in total. The van der Waals surface area contributed by atoms with E-state index >= 15 is 0 Å². The lowest BCUT2D eigenvalue weighted by Crippen LogP contribution is -2.24. The van der Waals surface area contributed by atoms with Crippen molar-refractivity contribution in [1.82, 2.24) is 0 Å². The summed E-state index contributed by atoms with van der Waals surface area (Å²) in [6, 6.07) is 8.03. The second kappa shape index (κ2) is 5.73. The predicted octanol–water partition coefficient (Wildman–Crippen LogP) is 4.04. The Kier molecular flexibility index (Phi) is 4.87. The van der Waals surface area contributed by atoms with Crippen molar-refractivity contribution >= 4 is 33.7 Å². The Bertz CT molecular complexity index is 377. The van der Waals surface area contributed by atoms with Gasteiger partial charge in [0.25, 0.3) is 0 Å². The van der Waals surface area contributed by atoms with Crippen LogP contribution in [0.15, 0.2) is 33.6 Å². The maximum Gasteiger partial charge on any atom is 0.309 e. The number of rotatable bonds is 5. The van der Waals surface area contributed by atoms with Crippen LogP contribution in [0, 0.1) is 5.41 Å². The minimum absolute atomic E-state index is 0.640. The molecule has 1 rings (SSSR count). The first-order valence-electron chi connectivity index (χ1n) is 5.03. The van der Waals surface area contributed by atoms with Gasteiger partial charge < -0.3 is 5.11 Å². The normalized spacial score (nSPS) is 11.4. The fraction of sp³-hybridized carbons (Fsp3) is 0.417. The van der Waals surface area contributed by atoms with Crippen molar-refractivity contribution < 1.29 is 9.90 Å². The molecule has 0 atom stereocenters. The summed E-state index contributed by atoms with van der Waals surface area (Å²) >= 11 is 5.09. The third-order valence-corrected chi connectivity index (χ3v) is 3.86. The van der Waals surface area contributed by atoms with E-state index in [1.54, 1.807) is 25.6 Å². The standard InChI is InChI=1S/C12H15BrO2S/c1-12(2,11(14)15)6-7-16-10-5-3-4-9(13)8-10/h3-5,8H,6-7H2,1-2H3,(H,14,15). The highest BCUT2D eigenvalue weighted by atomic mass is 79.9. The Balaban J connectivity index is 2.45. The van der Waals surface area contributed by atoms with Crippen LogP contribution in [0.5, 0.6) is 0 Å². The zero-order valence-corrected chi connectivity index (χ0v) is 11.8. The summed E-state index contributed by atoms with van der Waals surface area (Å²) in [4.78, 5) is 12.1. The van der Waals surface area contributed by atoms with E-state index in [2.05, 4.69) is 15.9 Å². The third-order valence-electron chi connectivity index (χ3n) is 2.37. The van der Waals surface area contributed by atoms with E-state index in [1.807, 2.05) is 24.3 Å². The van der Waals surface area contributed by atoms with Crippen LogP contribution in [0.1, 0.15) is 20.3 Å². The van der Waals surface area contributed by atoms with Crippen LogP contribution in [0.4, 0.5) is 0 Å². The van der Waals surface area contributed by atoms with Gasteiger partial charge in [-0.3, -0.25) is 4.79 Å². The van der Waals surface area contributed by atoms with Gasteiger partial charge in [0, 0.05) is 9.37 Å². The molecule has 0 unspecified atom stereocenters. The number of carboxylic acid groups (broad SMARTS) is 1. The number of aliphatic carboxylic acids is 1. The SMILES string of the molecule is CC(C)(CCSc1cccc(Br)c1)C(=O)O. The fourth-order valence-corrected chi connectivity index (χ4v) is 2.87. The van der Waals surface area contributed by atoms with Gasteiger partial charge in [0.15, 0.2) is 0 Å². The lowest BCUT2D eigenvalue weighted by atomic mass is 9.91. The van der Waals surface area contributed by atoms with E-state index in [4.69, 9.17) is 5.11 Å².